The zero-order chi connectivity index (χ0) is 25.6. The summed E-state index contributed by atoms with van der Waals surface area (Å²) in [4.78, 5) is 12.0. The summed E-state index contributed by atoms with van der Waals surface area (Å²) >= 11 is 0. The summed E-state index contributed by atoms with van der Waals surface area (Å²) in [5.74, 6) is 3.43. The molecule has 0 heterocycles. The quantitative estimate of drug-likeness (QED) is 0.292. The van der Waals surface area contributed by atoms with Crippen LogP contribution in [-0.2, 0) is 9.53 Å². The van der Waals surface area contributed by atoms with E-state index in [0.717, 1.165) is 30.6 Å². The average molecular weight is 481 g/mol. The Bertz CT molecular complexity index is 933. The standard InChI is InChI=1S/C33H52O2/c1-10-30(6)25-14-18-33(9)26(31(25,7)17-15-27(30)35-23(4)34)12-11-24-28-22(3)21(2)13-16-29(28,5)19-20-32(24,33)8/h10-11,21-22,25-28H,1,12-20H2,2-9H3. The molecule has 0 N–H and O–H groups in total. The molecule has 5 rings (SSSR count). The maximum atomic E-state index is 12.0. The smallest absolute Gasteiger partial charge is 0.302 e. The lowest BCUT2D eigenvalue weighted by atomic mass is 9.33. The summed E-state index contributed by atoms with van der Waals surface area (Å²) in [6.45, 7) is 23.9. The van der Waals surface area contributed by atoms with Gasteiger partial charge in [-0.1, -0.05) is 66.2 Å². The van der Waals surface area contributed by atoms with Crippen molar-refractivity contribution in [2.75, 3.05) is 0 Å². The largest absolute Gasteiger partial charge is 0.462 e. The Morgan fingerprint density at radius 1 is 0.971 bits per heavy atom. The molecule has 0 aromatic heterocycles. The van der Waals surface area contributed by atoms with E-state index in [2.05, 4.69) is 67.2 Å². The first-order valence-electron chi connectivity index (χ1n) is 14.8. The highest BCUT2D eigenvalue weighted by Gasteiger charge is 2.68. The number of rotatable bonds is 2. The van der Waals surface area contributed by atoms with E-state index in [0.29, 0.717) is 28.1 Å². The minimum absolute atomic E-state index is 0.0369. The van der Waals surface area contributed by atoms with Gasteiger partial charge in [-0.25, -0.2) is 0 Å². The van der Waals surface area contributed by atoms with Gasteiger partial charge in [0.15, 0.2) is 0 Å². The molecule has 4 saturated carbocycles. The van der Waals surface area contributed by atoms with Crippen LogP contribution in [0.15, 0.2) is 24.3 Å². The van der Waals surface area contributed by atoms with Crippen molar-refractivity contribution in [1.82, 2.24) is 0 Å². The molecule has 0 aromatic carbocycles. The molecule has 11 atom stereocenters. The molecule has 0 spiro atoms. The van der Waals surface area contributed by atoms with Gasteiger partial charge in [-0.05, 0) is 109 Å². The predicted octanol–water partition coefficient (Wildman–Crippen LogP) is 8.76. The predicted molar refractivity (Wildman–Crippen MR) is 145 cm³/mol. The van der Waals surface area contributed by atoms with Crippen LogP contribution >= 0.6 is 0 Å². The zero-order valence-electron chi connectivity index (χ0n) is 24.0. The lowest BCUT2D eigenvalue weighted by Crippen LogP contribution is -2.65. The second-order valence-electron chi connectivity index (χ2n) is 15.0. The van der Waals surface area contributed by atoms with Gasteiger partial charge in [0.1, 0.15) is 6.10 Å². The number of hydrogen-bond donors (Lipinski definition) is 0. The van der Waals surface area contributed by atoms with Crippen LogP contribution in [0.25, 0.3) is 0 Å². The minimum Gasteiger partial charge on any atom is -0.462 e. The van der Waals surface area contributed by atoms with Crippen molar-refractivity contribution in [3.63, 3.8) is 0 Å². The van der Waals surface area contributed by atoms with Crippen LogP contribution in [0.4, 0.5) is 0 Å². The highest BCUT2D eigenvalue weighted by Crippen LogP contribution is 2.75. The van der Waals surface area contributed by atoms with Gasteiger partial charge in [-0.2, -0.15) is 0 Å². The molecule has 2 nitrogen and oxygen atoms in total. The van der Waals surface area contributed by atoms with E-state index in [4.69, 9.17) is 4.74 Å². The van der Waals surface area contributed by atoms with E-state index in [-0.39, 0.29) is 22.9 Å². The summed E-state index contributed by atoms with van der Waals surface area (Å²) in [5.41, 5.74) is 3.08. The van der Waals surface area contributed by atoms with Crippen molar-refractivity contribution >= 4 is 5.97 Å². The SMILES string of the molecule is C=CC1(C)C(OC(C)=O)CCC2(C)C1CCC1(C)C2CC=C2C3C(C)C(C)CCC3(C)CCC21C. The zero-order valence-corrected chi connectivity index (χ0v) is 24.0. The summed E-state index contributed by atoms with van der Waals surface area (Å²) < 4.78 is 5.93. The monoisotopic (exact) mass is 480 g/mol. The molecule has 11 unspecified atom stereocenters. The Morgan fingerprint density at radius 2 is 1.69 bits per heavy atom. The molecule has 0 aliphatic heterocycles. The summed E-state index contributed by atoms with van der Waals surface area (Å²) in [5, 5.41) is 0. The van der Waals surface area contributed by atoms with Crippen molar-refractivity contribution in [2.45, 2.75) is 119 Å². The fourth-order valence-electron chi connectivity index (χ4n) is 11.2. The molecule has 0 bridgehead atoms. The number of allylic oxidation sites excluding steroid dienone is 2. The Kier molecular flexibility index (Phi) is 5.83. The third kappa shape index (κ3) is 3.22. The molecular weight excluding hydrogens is 428 g/mol. The lowest BCUT2D eigenvalue weighted by Gasteiger charge is -2.71. The first-order valence-corrected chi connectivity index (χ1v) is 14.8. The van der Waals surface area contributed by atoms with E-state index in [9.17, 15) is 4.79 Å². The molecule has 0 saturated heterocycles. The van der Waals surface area contributed by atoms with E-state index < -0.39 is 0 Å². The molecule has 196 valence electrons. The lowest BCUT2D eigenvalue weighted by molar-refractivity contribution is -0.205. The first kappa shape index (κ1) is 25.6. The number of carbonyl (C=O) groups excluding carboxylic acids is 1. The van der Waals surface area contributed by atoms with Crippen molar-refractivity contribution in [3.05, 3.63) is 24.3 Å². The molecule has 35 heavy (non-hydrogen) atoms. The maximum Gasteiger partial charge on any atom is 0.302 e. The molecule has 5 aliphatic rings. The number of carbonyl (C=O) groups is 1. The van der Waals surface area contributed by atoms with Crippen LogP contribution in [0.3, 0.4) is 0 Å². The Morgan fingerprint density at radius 3 is 2.34 bits per heavy atom. The number of ether oxygens (including phenoxy) is 1. The van der Waals surface area contributed by atoms with E-state index in [1.165, 1.54) is 44.9 Å². The van der Waals surface area contributed by atoms with Crippen molar-refractivity contribution in [3.8, 4) is 0 Å². The van der Waals surface area contributed by atoms with Gasteiger partial charge in [0.05, 0.1) is 0 Å². The van der Waals surface area contributed by atoms with Gasteiger partial charge in [-0.3, -0.25) is 4.79 Å². The van der Waals surface area contributed by atoms with Gasteiger partial charge in [0, 0.05) is 12.3 Å². The fourth-order valence-corrected chi connectivity index (χ4v) is 11.2. The van der Waals surface area contributed by atoms with Crippen molar-refractivity contribution in [2.24, 2.45) is 56.7 Å². The van der Waals surface area contributed by atoms with Gasteiger partial charge in [0.2, 0.25) is 0 Å². The van der Waals surface area contributed by atoms with E-state index in [1.807, 2.05) is 5.57 Å². The maximum absolute atomic E-state index is 12.0. The molecule has 5 aliphatic carbocycles. The van der Waals surface area contributed by atoms with Crippen LogP contribution in [0.1, 0.15) is 113 Å². The molecule has 0 amide bonds. The number of esters is 1. The van der Waals surface area contributed by atoms with Crippen LogP contribution in [0.5, 0.6) is 0 Å². The van der Waals surface area contributed by atoms with Gasteiger partial charge >= 0.3 is 5.97 Å². The van der Waals surface area contributed by atoms with Crippen LogP contribution in [-0.4, -0.2) is 12.1 Å². The topological polar surface area (TPSA) is 26.3 Å². The van der Waals surface area contributed by atoms with E-state index in [1.54, 1.807) is 6.92 Å². The summed E-state index contributed by atoms with van der Waals surface area (Å²) in [6.07, 6.45) is 16.3. The Labute approximate surface area is 215 Å². The van der Waals surface area contributed by atoms with Crippen LogP contribution in [0.2, 0.25) is 0 Å². The van der Waals surface area contributed by atoms with Gasteiger partial charge < -0.3 is 4.74 Å². The molecule has 4 fully saturated rings. The van der Waals surface area contributed by atoms with Crippen LogP contribution in [0, 0.1) is 56.7 Å². The molecule has 0 aromatic rings. The van der Waals surface area contributed by atoms with Crippen LogP contribution < -0.4 is 0 Å². The second-order valence-corrected chi connectivity index (χ2v) is 15.0. The highest BCUT2D eigenvalue weighted by atomic mass is 16.5. The Hall–Kier alpha value is -1.05. The minimum atomic E-state index is -0.149. The van der Waals surface area contributed by atoms with Crippen molar-refractivity contribution in [1.29, 1.82) is 0 Å². The number of hydrogen-bond acceptors (Lipinski definition) is 2. The van der Waals surface area contributed by atoms with Crippen molar-refractivity contribution < 1.29 is 9.53 Å². The third-order valence-corrected chi connectivity index (χ3v) is 13.8. The number of fused-ring (bicyclic) bond motifs is 7. The highest BCUT2D eigenvalue weighted by molar-refractivity contribution is 5.66. The Balaban J connectivity index is 1.56. The van der Waals surface area contributed by atoms with Gasteiger partial charge in [-0.15, -0.1) is 6.58 Å². The first-order chi connectivity index (χ1) is 16.3. The average Bonchev–Trinajstić information content (AvgIpc) is 2.79. The third-order valence-electron chi connectivity index (χ3n) is 13.8. The normalized spacial score (nSPS) is 55.4. The fraction of sp³-hybridized carbons (Fsp3) is 0.848. The summed E-state index contributed by atoms with van der Waals surface area (Å²) in [7, 11) is 0. The second kappa shape index (κ2) is 7.97. The van der Waals surface area contributed by atoms with Gasteiger partial charge in [0.25, 0.3) is 0 Å². The summed E-state index contributed by atoms with van der Waals surface area (Å²) in [6, 6.07) is 0. The molecule has 2 heteroatoms. The van der Waals surface area contributed by atoms with E-state index >= 15 is 0 Å². The molecular formula is C33H52O2. The molecule has 0 radical (unpaired) electrons.